The van der Waals surface area contributed by atoms with Gasteiger partial charge in [-0.3, -0.25) is 9.59 Å². The maximum atomic E-state index is 14.2. The van der Waals surface area contributed by atoms with Crippen molar-refractivity contribution in [1.29, 1.82) is 0 Å². The Labute approximate surface area is 210 Å². The summed E-state index contributed by atoms with van der Waals surface area (Å²) in [5, 5.41) is 2.64. The molecule has 1 atom stereocenters. The molecule has 8 heteroatoms. The van der Waals surface area contributed by atoms with Gasteiger partial charge in [-0.05, 0) is 47.4 Å². The van der Waals surface area contributed by atoms with Crippen LogP contribution in [0.25, 0.3) is 0 Å². The van der Waals surface area contributed by atoms with Crippen LogP contribution in [0, 0.1) is 11.2 Å². The van der Waals surface area contributed by atoms with Gasteiger partial charge < -0.3 is 19.4 Å². The topological polar surface area (TPSA) is 84.7 Å². The number of amides is 2. The van der Waals surface area contributed by atoms with Crippen LogP contribution in [0.4, 0.5) is 4.39 Å². The van der Waals surface area contributed by atoms with Gasteiger partial charge >= 0.3 is 0 Å². The summed E-state index contributed by atoms with van der Waals surface area (Å²) in [6, 6.07) is 11.6. The zero-order valence-electron chi connectivity index (χ0n) is 20.7. The number of carbonyl (C=O) groups is 2. The Bertz CT molecular complexity index is 1280. The van der Waals surface area contributed by atoms with Gasteiger partial charge in [-0.15, -0.1) is 6.58 Å². The van der Waals surface area contributed by atoms with E-state index in [9.17, 15) is 14.0 Å². The molecule has 4 rings (SSSR count). The van der Waals surface area contributed by atoms with Crippen molar-refractivity contribution in [2.75, 3.05) is 13.1 Å². The number of ether oxygens (including phenoxy) is 1. The predicted octanol–water partition coefficient (Wildman–Crippen LogP) is 4.83. The van der Waals surface area contributed by atoms with Gasteiger partial charge in [-0.2, -0.15) is 0 Å². The molecule has 0 saturated carbocycles. The van der Waals surface area contributed by atoms with E-state index in [2.05, 4.69) is 16.9 Å². The Balaban J connectivity index is 1.60. The number of carbonyl (C=O) groups excluding carboxylic acids is 2. The number of nitrogens with one attached hydrogen (secondary N) is 1. The van der Waals surface area contributed by atoms with Gasteiger partial charge in [0.1, 0.15) is 17.8 Å². The number of hydrogen-bond donors (Lipinski definition) is 1. The highest BCUT2D eigenvalue weighted by Gasteiger charge is 2.37. The number of nitrogens with zero attached hydrogens (tertiary/aromatic N) is 2. The van der Waals surface area contributed by atoms with Gasteiger partial charge in [0.25, 0.3) is 5.91 Å². The molecule has 1 aliphatic heterocycles. The second kappa shape index (κ2) is 10.4. The van der Waals surface area contributed by atoms with E-state index in [1.165, 1.54) is 18.4 Å². The molecule has 2 aromatic carbocycles. The fourth-order valence-electron chi connectivity index (χ4n) is 4.25. The number of rotatable bonds is 7. The van der Waals surface area contributed by atoms with Crippen LogP contribution in [0.3, 0.4) is 0 Å². The van der Waals surface area contributed by atoms with Crippen LogP contribution in [0.2, 0.25) is 0 Å². The first-order valence-electron chi connectivity index (χ1n) is 11.8. The van der Waals surface area contributed by atoms with Crippen LogP contribution in [-0.2, 0) is 17.8 Å². The van der Waals surface area contributed by atoms with Crippen LogP contribution in [0.15, 0.2) is 65.8 Å². The lowest BCUT2D eigenvalue weighted by Gasteiger charge is -2.41. The second-order valence-electron chi connectivity index (χ2n) is 9.73. The molecule has 2 amide bonds. The minimum Gasteiger partial charge on any atom is -0.484 e. The van der Waals surface area contributed by atoms with Crippen molar-refractivity contribution in [3.05, 3.63) is 95.5 Å². The van der Waals surface area contributed by atoms with E-state index < -0.39 is 11.5 Å². The molecule has 188 valence electrons. The average Bonchev–Trinajstić information content (AvgIpc) is 3.33. The van der Waals surface area contributed by atoms with Crippen LogP contribution >= 0.6 is 0 Å². The van der Waals surface area contributed by atoms with E-state index in [-0.39, 0.29) is 35.8 Å². The standard InChI is InChI=1S/C28H30FN3O4/c1-5-12-30-26(33)23-16-36-24(31-23)17-35-21-10-9-18-11-13-32(27(34)28(2,3)4)25(22(18)15-21)19-7-6-8-20(29)14-19/h5-10,14-16,25H,1,11-13,17H2,2-4H3,(H,30,33). The van der Waals surface area contributed by atoms with Gasteiger partial charge in [0.05, 0.1) is 6.04 Å². The minimum absolute atomic E-state index is 0.00391. The first-order chi connectivity index (χ1) is 17.2. The summed E-state index contributed by atoms with van der Waals surface area (Å²) in [5.74, 6) is 0.0850. The Morgan fingerprint density at radius 2 is 2.08 bits per heavy atom. The largest absolute Gasteiger partial charge is 0.484 e. The first kappa shape index (κ1) is 25.2. The van der Waals surface area contributed by atoms with Gasteiger partial charge in [-0.25, -0.2) is 9.37 Å². The quantitative estimate of drug-likeness (QED) is 0.479. The molecule has 1 aromatic heterocycles. The maximum absolute atomic E-state index is 14.2. The van der Waals surface area contributed by atoms with Crippen molar-refractivity contribution in [2.45, 2.75) is 39.8 Å². The summed E-state index contributed by atoms with van der Waals surface area (Å²) < 4.78 is 25.5. The molecule has 0 radical (unpaired) electrons. The summed E-state index contributed by atoms with van der Waals surface area (Å²) in [4.78, 5) is 31.4. The zero-order valence-corrected chi connectivity index (χ0v) is 20.7. The molecule has 0 aliphatic carbocycles. The zero-order chi connectivity index (χ0) is 25.9. The summed E-state index contributed by atoms with van der Waals surface area (Å²) in [6.07, 6.45) is 3.54. The number of fused-ring (bicyclic) bond motifs is 1. The van der Waals surface area contributed by atoms with Crippen molar-refractivity contribution in [3.63, 3.8) is 0 Å². The molecular weight excluding hydrogens is 461 g/mol. The lowest BCUT2D eigenvalue weighted by molar-refractivity contribution is -0.141. The van der Waals surface area contributed by atoms with Crippen LogP contribution in [0.1, 0.15) is 59.9 Å². The molecular formula is C28H30FN3O4. The van der Waals surface area contributed by atoms with Crippen molar-refractivity contribution in [1.82, 2.24) is 15.2 Å². The fraction of sp³-hybridized carbons (Fsp3) is 0.321. The summed E-state index contributed by atoms with van der Waals surface area (Å²) >= 11 is 0. The molecule has 0 bridgehead atoms. The fourth-order valence-corrected chi connectivity index (χ4v) is 4.25. The highest BCUT2D eigenvalue weighted by atomic mass is 19.1. The molecule has 0 saturated heterocycles. The number of benzene rings is 2. The van der Waals surface area contributed by atoms with E-state index >= 15 is 0 Å². The maximum Gasteiger partial charge on any atom is 0.273 e. The summed E-state index contributed by atoms with van der Waals surface area (Å²) in [6.45, 7) is 10.1. The molecule has 1 unspecified atom stereocenters. The van der Waals surface area contributed by atoms with Gasteiger partial charge in [-0.1, -0.05) is 45.0 Å². The highest BCUT2D eigenvalue weighted by molar-refractivity contribution is 5.91. The van der Waals surface area contributed by atoms with Crippen LogP contribution in [0.5, 0.6) is 5.75 Å². The smallest absolute Gasteiger partial charge is 0.273 e. The third-order valence-corrected chi connectivity index (χ3v) is 5.97. The lowest BCUT2D eigenvalue weighted by Crippen LogP contribution is -2.45. The monoisotopic (exact) mass is 491 g/mol. The van der Waals surface area contributed by atoms with Gasteiger partial charge in [0.15, 0.2) is 12.3 Å². The molecule has 7 nitrogen and oxygen atoms in total. The van der Waals surface area contributed by atoms with Crippen LogP contribution < -0.4 is 10.1 Å². The number of halogens is 1. The highest BCUT2D eigenvalue weighted by Crippen LogP contribution is 2.39. The van der Waals surface area contributed by atoms with Crippen molar-refractivity contribution in [3.8, 4) is 5.75 Å². The van der Waals surface area contributed by atoms with E-state index in [0.29, 0.717) is 30.8 Å². The van der Waals surface area contributed by atoms with Gasteiger partial charge in [0.2, 0.25) is 11.8 Å². The number of hydrogen-bond acceptors (Lipinski definition) is 5. The van der Waals surface area contributed by atoms with Crippen molar-refractivity contribution >= 4 is 11.8 Å². The first-order valence-corrected chi connectivity index (χ1v) is 11.8. The Kier molecular flexibility index (Phi) is 7.24. The molecule has 1 aliphatic rings. The van der Waals surface area contributed by atoms with E-state index in [1.54, 1.807) is 12.1 Å². The predicted molar refractivity (Wildman–Crippen MR) is 133 cm³/mol. The summed E-state index contributed by atoms with van der Waals surface area (Å²) in [5.41, 5.74) is 2.24. The molecule has 1 N–H and O–H groups in total. The molecule has 36 heavy (non-hydrogen) atoms. The van der Waals surface area contributed by atoms with E-state index in [1.807, 2.05) is 49.9 Å². The average molecular weight is 492 g/mol. The van der Waals surface area contributed by atoms with E-state index in [4.69, 9.17) is 9.15 Å². The molecule has 3 aromatic rings. The Hall–Kier alpha value is -3.94. The minimum atomic E-state index is -0.585. The normalized spacial score (nSPS) is 15.2. The van der Waals surface area contributed by atoms with Gasteiger partial charge in [0, 0.05) is 18.5 Å². The third kappa shape index (κ3) is 5.48. The number of oxazole rings is 1. The Morgan fingerprint density at radius 3 is 2.81 bits per heavy atom. The Morgan fingerprint density at radius 1 is 1.28 bits per heavy atom. The summed E-state index contributed by atoms with van der Waals surface area (Å²) in [7, 11) is 0. The second-order valence-corrected chi connectivity index (χ2v) is 9.73. The number of aromatic nitrogens is 1. The van der Waals surface area contributed by atoms with Crippen molar-refractivity contribution < 1.29 is 23.1 Å². The van der Waals surface area contributed by atoms with Crippen molar-refractivity contribution in [2.24, 2.45) is 5.41 Å². The molecule has 2 heterocycles. The lowest BCUT2D eigenvalue weighted by atomic mass is 9.85. The van der Waals surface area contributed by atoms with E-state index in [0.717, 1.165) is 11.1 Å². The third-order valence-electron chi connectivity index (χ3n) is 5.97. The SMILES string of the molecule is C=CCNC(=O)c1coc(COc2ccc3c(c2)C(c2cccc(F)c2)N(C(=O)C(C)(C)C)CC3)n1. The van der Waals surface area contributed by atoms with Crippen LogP contribution in [-0.4, -0.2) is 34.8 Å². The molecule has 0 spiro atoms. The molecule has 0 fully saturated rings.